The maximum absolute atomic E-state index is 5.89. The summed E-state index contributed by atoms with van der Waals surface area (Å²) in [7, 11) is 1.83. The number of hydrogen-bond donors (Lipinski definition) is 3. The van der Waals surface area contributed by atoms with Crippen molar-refractivity contribution in [1.29, 1.82) is 0 Å². The molecule has 3 unspecified atom stereocenters. The van der Waals surface area contributed by atoms with Gasteiger partial charge in [-0.1, -0.05) is 18.2 Å². The zero-order chi connectivity index (χ0) is 15.6. The Labute approximate surface area is 136 Å². The van der Waals surface area contributed by atoms with Crippen molar-refractivity contribution in [3.05, 3.63) is 36.0 Å². The van der Waals surface area contributed by atoms with Crippen LogP contribution >= 0.6 is 0 Å². The highest BCUT2D eigenvalue weighted by atomic mass is 16.5. The molecule has 0 amide bonds. The molecule has 0 aliphatic carbocycles. The fourth-order valence-corrected chi connectivity index (χ4v) is 3.81. The van der Waals surface area contributed by atoms with E-state index in [0.717, 1.165) is 25.3 Å². The van der Waals surface area contributed by atoms with E-state index in [2.05, 4.69) is 51.1 Å². The van der Waals surface area contributed by atoms with E-state index in [0.29, 0.717) is 18.2 Å². The van der Waals surface area contributed by atoms with Crippen molar-refractivity contribution in [3.8, 4) is 0 Å². The normalized spacial score (nSPS) is 26.8. The van der Waals surface area contributed by atoms with E-state index in [9.17, 15) is 0 Å². The Morgan fingerprint density at radius 1 is 1.35 bits per heavy atom. The van der Waals surface area contributed by atoms with Gasteiger partial charge >= 0.3 is 0 Å². The SMILES string of the molecule is CN=C(NCCc1c[nH]c2ccccc12)NC1CC2CCC1O2. The number of ether oxygens (including phenoxy) is 1. The van der Waals surface area contributed by atoms with Gasteiger partial charge in [0.25, 0.3) is 0 Å². The molecule has 0 saturated carbocycles. The molecule has 2 saturated heterocycles. The Bertz CT molecular complexity index is 708. The quantitative estimate of drug-likeness (QED) is 0.599. The average Bonchev–Trinajstić information content (AvgIpc) is 3.29. The first-order valence-electron chi connectivity index (χ1n) is 8.51. The Morgan fingerprint density at radius 3 is 3.04 bits per heavy atom. The van der Waals surface area contributed by atoms with Gasteiger partial charge in [0.15, 0.2) is 5.96 Å². The highest BCUT2D eigenvalue weighted by Gasteiger charge is 2.41. The monoisotopic (exact) mass is 312 g/mol. The minimum absolute atomic E-state index is 0.368. The Hall–Kier alpha value is -2.01. The molecule has 5 heteroatoms. The lowest BCUT2D eigenvalue weighted by molar-refractivity contribution is 0.0992. The van der Waals surface area contributed by atoms with Crippen LogP contribution in [0.1, 0.15) is 24.8 Å². The fraction of sp³-hybridized carbons (Fsp3) is 0.500. The third-order valence-electron chi connectivity index (χ3n) is 5.01. The van der Waals surface area contributed by atoms with Crippen molar-refractivity contribution in [2.24, 2.45) is 4.99 Å². The van der Waals surface area contributed by atoms with Crippen LogP contribution < -0.4 is 10.6 Å². The van der Waals surface area contributed by atoms with Crippen molar-refractivity contribution in [2.75, 3.05) is 13.6 Å². The van der Waals surface area contributed by atoms with Crippen molar-refractivity contribution >= 4 is 16.9 Å². The van der Waals surface area contributed by atoms with E-state index in [4.69, 9.17) is 4.74 Å². The van der Waals surface area contributed by atoms with Gasteiger partial charge in [-0.25, -0.2) is 0 Å². The number of aromatic amines is 1. The topological polar surface area (TPSA) is 61.4 Å². The number of rotatable bonds is 4. The van der Waals surface area contributed by atoms with E-state index >= 15 is 0 Å². The number of nitrogens with zero attached hydrogens (tertiary/aromatic N) is 1. The number of aliphatic imine (C=N–C) groups is 1. The van der Waals surface area contributed by atoms with Gasteiger partial charge in [-0.3, -0.25) is 4.99 Å². The molecule has 2 aliphatic heterocycles. The zero-order valence-electron chi connectivity index (χ0n) is 13.5. The first kappa shape index (κ1) is 14.6. The molecule has 5 nitrogen and oxygen atoms in total. The molecule has 3 atom stereocenters. The summed E-state index contributed by atoms with van der Waals surface area (Å²) in [6.07, 6.45) is 7.40. The molecule has 0 spiro atoms. The van der Waals surface area contributed by atoms with E-state index in [1.807, 2.05) is 7.05 Å². The number of para-hydroxylation sites is 1. The third kappa shape index (κ3) is 2.93. The smallest absolute Gasteiger partial charge is 0.191 e. The summed E-state index contributed by atoms with van der Waals surface area (Å²) in [5.74, 6) is 0.881. The van der Waals surface area contributed by atoms with Crippen LogP contribution in [0.2, 0.25) is 0 Å². The van der Waals surface area contributed by atoms with Gasteiger partial charge < -0.3 is 20.4 Å². The number of hydrogen-bond acceptors (Lipinski definition) is 2. The summed E-state index contributed by atoms with van der Waals surface area (Å²) in [5, 5.41) is 8.25. The molecule has 4 rings (SSSR count). The molecule has 1 aromatic carbocycles. The van der Waals surface area contributed by atoms with E-state index in [1.54, 1.807) is 0 Å². The van der Waals surface area contributed by atoms with E-state index < -0.39 is 0 Å². The second kappa shape index (κ2) is 6.24. The Balaban J connectivity index is 1.31. The predicted octanol–water partition coefficient (Wildman–Crippen LogP) is 2.20. The summed E-state index contributed by atoms with van der Waals surface area (Å²) >= 11 is 0. The van der Waals surface area contributed by atoms with Crippen LogP contribution in [0.3, 0.4) is 0 Å². The van der Waals surface area contributed by atoms with Gasteiger partial charge in [-0.2, -0.15) is 0 Å². The number of nitrogens with one attached hydrogen (secondary N) is 3. The van der Waals surface area contributed by atoms with Crippen LogP contribution in [0.15, 0.2) is 35.5 Å². The molecule has 2 fully saturated rings. The summed E-state index contributed by atoms with van der Waals surface area (Å²) in [6, 6.07) is 8.84. The largest absolute Gasteiger partial charge is 0.373 e. The minimum atomic E-state index is 0.368. The van der Waals surface area contributed by atoms with Gasteiger partial charge in [0.2, 0.25) is 0 Å². The van der Waals surface area contributed by atoms with Gasteiger partial charge in [-0.15, -0.1) is 0 Å². The van der Waals surface area contributed by atoms with Crippen LogP contribution in [-0.4, -0.2) is 42.8 Å². The molecule has 1 aromatic heterocycles. The second-order valence-electron chi connectivity index (χ2n) is 6.47. The van der Waals surface area contributed by atoms with Crippen LogP contribution in [-0.2, 0) is 11.2 Å². The van der Waals surface area contributed by atoms with Crippen LogP contribution in [0, 0.1) is 0 Å². The summed E-state index contributed by atoms with van der Waals surface area (Å²) in [6.45, 7) is 0.864. The number of benzene rings is 1. The van der Waals surface area contributed by atoms with Crippen molar-refractivity contribution in [3.63, 3.8) is 0 Å². The number of guanidine groups is 1. The number of aromatic nitrogens is 1. The second-order valence-corrected chi connectivity index (χ2v) is 6.47. The van der Waals surface area contributed by atoms with Crippen molar-refractivity contribution in [1.82, 2.24) is 15.6 Å². The maximum atomic E-state index is 5.89. The van der Waals surface area contributed by atoms with Gasteiger partial charge in [-0.05, 0) is 37.3 Å². The summed E-state index contributed by atoms with van der Waals surface area (Å²) in [5.41, 5.74) is 2.54. The fourth-order valence-electron chi connectivity index (χ4n) is 3.81. The summed E-state index contributed by atoms with van der Waals surface area (Å²) in [4.78, 5) is 7.67. The molecule has 0 radical (unpaired) electrons. The molecule has 2 aromatic rings. The lowest BCUT2D eigenvalue weighted by Gasteiger charge is -2.22. The maximum Gasteiger partial charge on any atom is 0.191 e. The molecule has 3 heterocycles. The van der Waals surface area contributed by atoms with Gasteiger partial charge in [0.1, 0.15) is 0 Å². The van der Waals surface area contributed by atoms with Crippen LogP contribution in [0.5, 0.6) is 0 Å². The van der Waals surface area contributed by atoms with Gasteiger partial charge in [0, 0.05) is 30.7 Å². The van der Waals surface area contributed by atoms with Crippen LogP contribution in [0.25, 0.3) is 10.9 Å². The molecule has 122 valence electrons. The minimum Gasteiger partial charge on any atom is -0.373 e. The first-order valence-corrected chi connectivity index (χ1v) is 8.51. The van der Waals surface area contributed by atoms with E-state index in [1.165, 1.54) is 29.3 Å². The van der Waals surface area contributed by atoms with E-state index in [-0.39, 0.29) is 0 Å². The zero-order valence-corrected chi connectivity index (χ0v) is 13.5. The molecular weight excluding hydrogens is 288 g/mol. The van der Waals surface area contributed by atoms with Crippen molar-refractivity contribution in [2.45, 2.75) is 43.9 Å². The molecule has 2 bridgehead atoms. The highest BCUT2D eigenvalue weighted by molar-refractivity contribution is 5.83. The Morgan fingerprint density at radius 2 is 2.26 bits per heavy atom. The number of fused-ring (bicyclic) bond motifs is 3. The van der Waals surface area contributed by atoms with Gasteiger partial charge in [0.05, 0.1) is 18.2 Å². The Kier molecular flexibility index (Phi) is 3.95. The van der Waals surface area contributed by atoms with Crippen LogP contribution in [0.4, 0.5) is 0 Å². The number of H-pyrrole nitrogens is 1. The molecular formula is C18H24N4O. The third-order valence-corrected chi connectivity index (χ3v) is 5.01. The lowest BCUT2D eigenvalue weighted by Crippen LogP contribution is -2.47. The summed E-state index contributed by atoms with van der Waals surface area (Å²) < 4.78 is 5.89. The first-order chi connectivity index (χ1) is 11.3. The standard InChI is InChI=1S/C18H24N4O/c1-19-18(22-16-10-13-6-7-17(16)23-13)20-9-8-12-11-21-15-5-3-2-4-14(12)15/h2-5,11,13,16-17,21H,6-10H2,1H3,(H2,19,20,22). The van der Waals surface area contributed by atoms with Crippen molar-refractivity contribution < 1.29 is 4.74 Å². The molecule has 2 aliphatic rings. The molecule has 23 heavy (non-hydrogen) atoms. The predicted molar refractivity (Wildman–Crippen MR) is 92.8 cm³/mol. The molecule has 3 N–H and O–H groups in total. The highest BCUT2D eigenvalue weighted by Crippen LogP contribution is 2.34. The average molecular weight is 312 g/mol. The lowest BCUT2D eigenvalue weighted by atomic mass is 9.96.